The van der Waals surface area contributed by atoms with Gasteiger partial charge in [-0.05, 0) is 12.1 Å². The van der Waals surface area contributed by atoms with Gasteiger partial charge in [-0.3, -0.25) is 0 Å². The van der Waals surface area contributed by atoms with E-state index in [9.17, 15) is 0 Å². The zero-order valence-electron chi connectivity index (χ0n) is 8.50. The van der Waals surface area contributed by atoms with Gasteiger partial charge in [-0.1, -0.05) is 17.7 Å². The predicted molar refractivity (Wildman–Crippen MR) is 64.5 cm³/mol. The fraction of sp³-hybridized carbons (Fsp3) is 0.364. The number of nitriles is 1. The van der Waals surface area contributed by atoms with Crippen LogP contribution < -0.4 is 4.90 Å². The molecule has 0 fully saturated rings. The van der Waals surface area contributed by atoms with Crippen molar-refractivity contribution in [2.24, 2.45) is 0 Å². The lowest BCUT2D eigenvalue weighted by molar-refractivity contribution is 0.900. The maximum absolute atomic E-state index is 8.51. The molecule has 0 heterocycles. The SMILES string of the molecule is CN(CCC#N)c1cccc(Cl)c1CCl. The first kappa shape index (κ1) is 12.2. The second-order valence-corrected chi connectivity index (χ2v) is 3.88. The molecule has 0 saturated heterocycles. The molecule has 80 valence electrons. The predicted octanol–water partition coefficient (Wildman–Crippen LogP) is 3.43. The third-order valence-electron chi connectivity index (χ3n) is 2.20. The molecule has 0 atom stereocenters. The molecule has 0 bridgehead atoms. The van der Waals surface area contributed by atoms with E-state index in [2.05, 4.69) is 6.07 Å². The molecule has 15 heavy (non-hydrogen) atoms. The Hall–Kier alpha value is -0.910. The highest BCUT2D eigenvalue weighted by Gasteiger charge is 2.09. The van der Waals surface area contributed by atoms with Crippen LogP contribution in [0.15, 0.2) is 18.2 Å². The van der Waals surface area contributed by atoms with E-state index in [0.29, 0.717) is 23.9 Å². The van der Waals surface area contributed by atoms with E-state index in [1.165, 1.54) is 0 Å². The van der Waals surface area contributed by atoms with Gasteiger partial charge in [0.25, 0.3) is 0 Å². The van der Waals surface area contributed by atoms with Crippen LogP contribution in [0.25, 0.3) is 0 Å². The van der Waals surface area contributed by atoms with Crippen LogP contribution >= 0.6 is 23.2 Å². The summed E-state index contributed by atoms with van der Waals surface area (Å²) >= 11 is 11.9. The minimum Gasteiger partial charge on any atom is -0.373 e. The lowest BCUT2D eigenvalue weighted by Crippen LogP contribution is -2.19. The summed E-state index contributed by atoms with van der Waals surface area (Å²) in [4.78, 5) is 1.99. The van der Waals surface area contributed by atoms with Crippen LogP contribution in [0.4, 0.5) is 5.69 Å². The number of benzene rings is 1. The van der Waals surface area contributed by atoms with E-state index >= 15 is 0 Å². The number of alkyl halides is 1. The third kappa shape index (κ3) is 3.02. The van der Waals surface area contributed by atoms with Crippen LogP contribution in [0.2, 0.25) is 5.02 Å². The first-order valence-electron chi connectivity index (χ1n) is 4.62. The van der Waals surface area contributed by atoms with Gasteiger partial charge in [0.15, 0.2) is 0 Å². The number of rotatable bonds is 4. The molecule has 0 N–H and O–H groups in total. The van der Waals surface area contributed by atoms with Crippen LogP contribution in [-0.4, -0.2) is 13.6 Å². The Morgan fingerprint density at radius 1 is 1.47 bits per heavy atom. The molecule has 1 aromatic rings. The highest BCUT2D eigenvalue weighted by molar-refractivity contribution is 6.32. The molecule has 0 aliphatic rings. The van der Waals surface area contributed by atoms with E-state index in [-0.39, 0.29) is 0 Å². The third-order valence-corrected chi connectivity index (χ3v) is 2.82. The summed E-state index contributed by atoms with van der Waals surface area (Å²) in [5.41, 5.74) is 1.91. The molecule has 0 aliphatic carbocycles. The number of anilines is 1. The zero-order chi connectivity index (χ0) is 11.3. The average Bonchev–Trinajstić information content (AvgIpc) is 2.25. The van der Waals surface area contributed by atoms with Gasteiger partial charge in [0.2, 0.25) is 0 Å². The van der Waals surface area contributed by atoms with Gasteiger partial charge in [0.1, 0.15) is 0 Å². The lowest BCUT2D eigenvalue weighted by atomic mass is 10.2. The lowest BCUT2D eigenvalue weighted by Gasteiger charge is -2.21. The van der Waals surface area contributed by atoms with Gasteiger partial charge in [0, 0.05) is 29.9 Å². The Morgan fingerprint density at radius 3 is 2.80 bits per heavy atom. The van der Waals surface area contributed by atoms with E-state index < -0.39 is 0 Å². The highest BCUT2D eigenvalue weighted by Crippen LogP contribution is 2.28. The second kappa shape index (κ2) is 5.85. The Balaban J connectivity index is 2.93. The van der Waals surface area contributed by atoms with Gasteiger partial charge < -0.3 is 4.90 Å². The molecule has 0 amide bonds. The number of hydrogen-bond donors (Lipinski definition) is 0. The highest BCUT2D eigenvalue weighted by atomic mass is 35.5. The monoisotopic (exact) mass is 242 g/mol. The molecular formula is C11H12Cl2N2. The van der Waals surface area contributed by atoms with Crippen LogP contribution in [0.5, 0.6) is 0 Å². The van der Waals surface area contributed by atoms with Crippen molar-refractivity contribution in [3.8, 4) is 6.07 Å². The summed E-state index contributed by atoms with van der Waals surface area (Å²) in [6.45, 7) is 0.681. The maximum Gasteiger partial charge on any atom is 0.0640 e. The zero-order valence-corrected chi connectivity index (χ0v) is 10.0. The molecule has 0 spiro atoms. The normalized spacial score (nSPS) is 9.73. The van der Waals surface area contributed by atoms with E-state index in [4.69, 9.17) is 28.5 Å². The van der Waals surface area contributed by atoms with E-state index in [0.717, 1.165) is 11.3 Å². The Kier molecular flexibility index (Phi) is 4.74. The van der Waals surface area contributed by atoms with Crippen molar-refractivity contribution in [3.05, 3.63) is 28.8 Å². The standard InChI is InChI=1S/C11H12Cl2N2/c1-15(7-3-6-14)11-5-2-4-10(13)9(11)8-12/h2,4-5H,3,7-8H2,1H3. The number of hydrogen-bond acceptors (Lipinski definition) is 2. The van der Waals surface area contributed by atoms with Crippen LogP contribution in [0.1, 0.15) is 12.0 Å². The van der Waals surface area contributed by atoms with Gasteiger partial charge in [-0.25, -0.2) is 0 Å². The first-order valence-corrected chi connectivity index (χ1v) is 5.53. The maximum atomic E-state index is 8.51. The van der Waals surface area contributed by atoms with Crippen LogP contribution in [-0.2, 0) is 5.88 Å². The quantitative estimate of drug-likeness (QED) is 0.757. The first-order chi connectivity index (χ1) is 7.20. The van der Waals surface area contributed by atoms with Gasteiger partial charge >= 0.3 is 0 Å². The topological polar surface area (TPSA) is 27.0 Å². The summed E-state index contributed by atoms with van der Waals surface area (Å²) in [5, 5.41) is 9.19. The van der Waals surface area contributed by atoms with Crippen molar-refractivity contribution < 1.29 is 0 Å². The fourth-order valence-electron chi connectivity index (χ4n) is 1.38. The molecule has 0 aromatic heterocycles. The van der Waals surface area contributed by atoms with Gasteiger partial charge in [-0.15, -0.1) is 11.6 Å². The summed E-state index contributed by atoms with van der Waals surface area (Å²) < 4.78 is 0. The van der Waals surface area contributed by atoms with Crippen molar-refractivity contribution in [3.63, 3.8) is 0 Å². The Morgan fingerprint density at radius 2 is 2.20 bits per heavy atom. The molecular weight excluding hydrogens is 231 g/mol. The summed E-state index contributed by atoms with van der Waals surface area (Å²) in [5.74, 6) is 0.381. The van der Waals surface area contributed by atoms with Crippen LogP contribution in [0, 0.1) is 11.3 Å². The number of halogens is 2. The van der Waals surface area contributed by atoms with E-state index in [1.54, 1.807) is 0 Å². The molecule has 0 radical (unpaired) electrons. The summed E-state index contributed by atoms with van der Waals surface area (Å²) in [7, 11) is 1.93. The van der Waals surface area contributed by atoms with Crippen molar-refractivity contribution in [1.82, 2.24) is 0 Å². The summed E-state index contributed by atoms with van der Waals surface area (Å²) in [6.07, 6.45) is 0.491. The Bertz CT molecular complexity index is 371. The number of nitrogens with zero attached hydrogens (tertiary/aromatic N) is 2. The fourth-order valence-corrected chi connectivity index (χ4v) is 1.96. The second-order valence-electron chi connectivity index (χ2n) is 3.20. The molecule has 4 heteroatoms. The Labute approximate surface area is 100 Å². The van der Waals surface area contributed by atoms with Crippen molar-refractivity contribution in [2.75, 3.05) is 18.5 Å². The van der Waals surface area contributed by atoms with Crippen molar-refractivity contribution >= 4 is 28.9 Å². The van der Waals surface area contributed by atoms with E-state index in [1.807, 2.05) is 30.1 Å². The molecule has 0 saturated carbocycles. The smallest absolute Gasteiger partial charge is 0.0640 e. The minimum absolute atomic E-state index is 0.381. The minimum atomic E-state index is 0.381. The van der Waals surface area contributed by atoms with Gasteiger partial charge in [0.05, 0.1) is 18.4 Å². The molecule has 2 nitrogen and oxygen atoms in total. The van der Waals surface area contributed by atoms with Crippen molar-refractivity contribution in [1.29, 1.82) is 5.26 Å². The van der Waals surface area contributed by atoms with Gasteiger partial charge in [-0.2, -0.15) is 5.26 Å². The molecule has 1 aromatic carbocycles. The summed E-state index contributed by atoms with van der Waals surface area (Å²) in [6, 6.07) is 7.78. The van der Waals surface area contributed by atoms with Crippen LogP contribution in [0.3, 0.4) is 0 Å². The molecule has 0 aliphatic heterocycles. The van der Waals surface area contributed by atoms with Crippen molar-refractivity contribution in [2.45, 2.75) is 12.3 Å². The molecule has 1 rings (SSSR count). The average molecular weight is 243 g/mol. The largest absolute Gasteiger partial charge is 0.373 e. The molecule has 0 unspecified atom stereocenters.